The number of benzene rings is 1. The maximum atomic E-state index is 11.7. The molecule has 1 aliphatic heterocycles. The molecular weight excluding hydrogens is 224 g/mol. The third-order valence-electron chi connectivity index (χ3n) is 2.72. The molecule has 0 N–H and O–H groups in total. The van der Waals surface area contributed by atoms with E-state index in [-0.39, 0.29) is 5.75 Å². The Balaban J connectivity index is 2.43. The van der Waals surface area contributed by atoms with Crippen LogP contribution in [-0.4, -0.2) is 20.7 Å². The predicted octanol–water partition coefficient (Wildman–Crippen LogP) is 1.41. The van der Waals surface area contributed by atoms with Crippen LogP contribution in [0.25, 0.3) is 0 Å². The van der Waals surface area contributed by atoms with Crippen molar-refractivity contribution in [1.29, 1.82) is 5.26 Å². The number of anilines is 1. The summed E-state index contributed by atoms with van der Waals surface area (Å²) >= 11 is 0. The summed E-state index contributed by atoms with van der Waals surface area (Å²) in [4.78, 5) is 0. The maximum absolute atomic E-state index is 11.7. The molecule has 0 aromatic heterocycles. The van der Waals surface area contributed by atoms with Gasteiger partial charge in [0.2, 0.25) is 10.0 Å². The SMILES string of the molecule is Cc1cc(N2CCCS2(=O)=O)ccc1C#N. The van der Waals surface area contributed by atoms with Gasteiger partial charge in [0.25, 0.3) is 0 Å². The molecule has 0 saturated carbocycles. The molecule has 0 atom stereocenters. The summed E-state index contributed by atoms with van der Waals surface area (Å²) in [6, 6.07) is 7.17. The van der Waals surface area contributed by atoms with Gasteiger partial charge in [0.1, 0.15) is 0 Å². The van der Waals surface area contributed by atoms with E-state index in [0.29, 0.717) is 24.2 Å². The van der Waals surface area contributed by atoms with Crippen LogP contribution in [0.3, 0.4) is 0 Å². The average molecular weight is 236 g/mol. The molecule has 0 spiro atoms. The van der Waals surface area contributed by atoms with Crippen molar-refractivity contribution in [1.82, 2.24) is 0 Å². The molecular formula is C11H12N2O2S. The smallest absolute Gasteiger partial charge is 0.235 e. The van der Waals surface area contributed by atoms with E-state index < -0.39 is 10.0 Å². The van der Waals surface area contributed by atoms with E-state index in [1.807, 2.05) is 6.92 Å². The van der Waals surface area contributed by atoms with Crippen molar-refractivity contribution in [2.45, 2.75) is 13.3 Å². The Labute approximate surface area is 95.2 Å². The molecule has 0 radical (unpaired) electrons. The number of hydrogen-bond acceptors (Lipinski definition) is 3. The summed E-state index contributed by atoms with van der Waals surface area (Å²) in [6.45, 7) is 2.35. The van der Waals surface area contributed by atoms with Crippen LogP contribution in [0.2, 0.25) is 0 Å². The van der Waals surface area contributed by atoms with Gasteiger partial charge in [0.15, 0.2) is 0 Å². The minimum absolute atomic E-state index is 0.214. The van der Waals surface area contributed by atoms with Crippen molar-refractivity contribution >= 4 is 15.7 Å². The molecule has 5 heteroatoms. The van der Waals surface area contributed by atoms with E-state index in [9.17, 15) is 8.42 Å². The molecule has 0 unspecified atom stereocenters. The van der Waals surface area contributed by atoms with Crippen LogP contribution in [0.1, 0.15) is 17.5 Å². The Morgan fingerprint density at radius 1 is 1.44 bits per heavy atom. The van der Waals surface area contributed by atoms with Gasteiger partial charge in [-0.1, -0.05) is 0 Å². The molecule has 2 rings (SSSR count). The Morgan fingerprint density at radius 3 is 2.69 bits per heavy atom. The summed E-state index contributed by atoms with van der Waals surface area (Å²) in [5.41, 5.74) is 2.05. The molecule has 4 nitrogen and oxygen atoms in total. The van der Waals surface area contributed by atoms with Gasteiger partial charge < -0.3 is 0 Å². The topological polar surface area (TPSA) is 61.2 Å². The molecule has 1 fully saturated rings. The molecule has 1 saturated heterocycles. The zero-order valence-electron chi connectivity index (χ0n) is 8.97. The predicted molar refractivity (Wildman–Crippen MR) is 61.6 cm³/mol. The molecule has 0 aliphatic carbocycles. The van der Waals surface area contributed by atoms with Crippen LogP contribution in [0.4, 0.5) is 5.69 Å². The lowest BCUT2D eigenvalue weighted by atomic mass is 10.1. The van der Waals surface area contributed by atoms with Crippen molar-refractivity contribution in [3.63, 3.8) is 0 Å². The number of nitrogens with zero attached hydrogens (tertiary/aromatic N) is 2. The number of hydrogen-bond donors (Lipinski definition) is 0. The zero-order valence-corrected chi connectivity index (χ0v) is 9.79. The average Bonchev–Trinajstić information content (AvgIpc) is 2.58. The van der Waals surface area contributed by atoms with Gasteiger partial charge in [0, 0.05) is 6.54 Å². The van der Waals surface area contributed by atoms with Gasteiger partial charge in [-0.3, -0.25) is 4.31 Å². The standard InChI is InChI=1S/C11H12N2O2S/c1-9-7-11(4-3-10(9)8-12)13-5-2-6-16(13,14)15/h3-4,7H,2,5-6H2,1H3. The number of sulfonamides is 1. The largest absolute Gasteiger partial charge is 0.270 e. The fourth-order valence-electron chi connectivity index (χ4n) is 1.86. The van der Waals surface area contributed by atoms with Gasteiger partial charge >= 0.3 is 0 Å². The van der Waals surface area contributed by atoms with E-state index in [0.717, 1.165) is 5.56 Å². The summed E-state index contributed by atoms with van der Waals surface area (Å²) in [5, 5.41) is 8.80. The minimum atomic E-state index is -3.13. The lowest BCUT2D eigenvalue weighted by Gasteiger charge is -2.17. The highest BCUT2D eigenvalue weighted by atomic mass is 32.2. The monoisotopic (exact) mass is 236 g/mol. The van der Waals surface area contributed by atoms with Gasteiger partial charge in [-0.2, -0.15) is 5.26 Å². The van der Waals surface area contributed by atoms with E-state index in [2.05, 4.69) is 6.07 Å². The second kappa shape index (κ2) is 3.80. The maximum Gasteiger partial charge on any atom is 0.235 e. The quantitative estimate of drug-likeness (QED) is 0.740. The van der Waals surface area contributed by atoms with Crippen molar-refractivity contribution in [3.8, 4) is 6.07 Å². The Bertz CT molecular complexity index is 558. The first kappa shape index (κ1) is 11.0. The van der Waals surface area contributed by atoms with Crippen molar-refractivity contribution in [3.05, 3.63) is 29.3 Å². The van der Waals surface area contributed by atoms with Gasteiger partial charge in [-0.25, -0.2) is 8.42 Å². The van der Waals surface area contributed by atoms with Crippen molar-refractivity contribution < 1.29 is 8.42 Å². The molecule has 1 aliphatic rings. The van der Waals surface area contributed by atoms with Crippen LogP contribution in [0.5, 0.6) is 0 Å². The lowest BCUT2D eigenvalue weighted by molar-refractivity contribution is 0.599. The van der Waals surface area contributed by atoms with Gasteiger partial charge in [0.05, 0.1) is 23.1 Å². The number of aryl methyl sites for hydroxylation is 1. The van der Waals surface area contributed by atoms with E-state index >= 15 is 0 Å². The highest BCUT2D eigenvalue weighted by Gasteiger charge is 2.28. The van der Waals surface area contributed by atoms with E-state index in [1.165, 1.54) is 4.31 Å². The first-order valence-corrected chi connectivity index (χ1v) is 6.67. The van der Waals surface area contributed by atoms with Crippen LogP contribution in [-0.2, 0) is 10.0 Å². The Hall–Kier alpha value is -1.54. The summed E-state index contributed by atoms with van der Waals surface area (Å²) in [7, 11) is -3.13. The Kier molecular flexibility index (Phi) is 2.60. The van der Waals surface area contributed by atoms with E-state index in [4.69, 9.17) is 5.26 Å². The summed E-state index contributed by atoms with van der Waals surface area (Å²) in [5.74, 6) is 0.214. The number of nitriles is 1. The van der Waals surface area contributed by atoms with Crippen LogP contribution in [0, 0.1) is 18.3 Å². The molecule has 1 aromatic rings. The van der Waals surface area contributed by atoms with Crippen LogP contribution >= 0.6 is 0 Å². The summed E-state index contributed by atoms with van der Waals surface area (Å²) < 4.78 is 24.8. The second-order valence-corrected chi connectivity index (χ2v) is 5.87. The summed E-state index contributed by atoms with van der Waals surface area (Å²) in [6.07, 6.45) is 0.668. The molecule has 1 heterocycles. The zero-order chi connectivity index (χ0) is 11.8. The molecule has 1 aromatic carbocycles. The second-order valence-electron chi connectivity index (χ2n) is 3.85. The Morgan fingerprint density at radius 2 is 2.19 bits per heavy atom. The van der Waals surface area contributed by atoms with Crippen LogP contribution in [0.15, 0.2) is 18.2 Å². The first-order chi connectivity index (χ1) is 7.54. The highest BCUT2D eigenvalue weighted by Crippen LogP contribution is 2.25. The van der Waals surface area contributed by atoms with Crippen molar-refractivity contribution in [2.24, 2.45) is 0 Å². The third-order valence-corrected chi connectivity index (χ3v) is 4.59. The fourth-order valence-corrected chi connectivity index (χ4v) is 3.41. The normalized spacial score (nSPS) is 18.4. The highest BCUT2D eigenvalue weighted by molar-refractivity contribution is 7.93. The molecule has 84 valence electrons. The first-order valence-electron chi connectivity index (χ1n) is 5.06. The van der Waals surface area contributed by atoms with Crippen LogP contribution < -0.4 is 4.31 Å². The van der Waals surface area contributed by atoms with E-state index in [1.54, 1.807) is 18.2 Å². The van der Waals surface area contributed by atoms with Gasteiger partial charge in [-0.05, 0) is 37.1 Å². The molecule has 0 amide bonds. The minimum Gasteiger partial charge on any atom is -0.270 e. The van der Waals surface area contributed by atoms with Gasteiger partial charge in [-0.15, -0.1) is 0 Å². The third kappa shape index (κ3) is 1.76. The number of rotatable bonds is 1. The van der Waals surface area contributed by atoms with Crippen molar-refractivity contribution in [2.75, 3.05) is 16.6 Å². The fraction of sp³-hybridized carbons (Fsp3) is 0.364. The lowest BCUT2D eigenvalue weighted by Crippen LogP contribution is -2.25. The molecule has 0 bridgehead atoms. The molecule has 16 heavy (non-hydrogen) atoms.